The molecule has 0 spiro atoms. The average Bonchev–Trinajstić information content (AvgIpc) is 3.06. The molecule has 0 aliphatic heterocycles. The molecule has 0 saturated heterocycles. The number of aromatic hydroxyl groups is 1. The molecule has 0 atom stereocenters. The maximum Gasteiger partial charge on any atom is 0.224 e. The summed E-state index contributed by atoms with van der Waals surface area (Å²) < 4.78 is 1.84. The Morgan fingerprint density at radius 3 is 2.79 bits per heavy atom. The van der Waals surface area contributed by atoms with Gasteiger partial charge >= 0.3 is 0 Å². The highest BCUT2D eigenvalue weighted by molar-refractivity contribution is 6.31. The molecule has 0 saturated carbocycles. The second-order valence-electron chi connectivity index (χ2n) is 5.16. The predicted molar refractivity (Wildman–Crippen MR) is 91.4 cm³/mol. The first-order valence-electron chi connectivity index (χ1n) is 7.36. The van der Waals surface area contributed by atoms with Crippen LogP contribution >= 0.6 is 11.6 Å². The number of rotatable bonds is 5. The molecular formula is C17H15ClN4O2. The second kappa shape index (κ2) is 7.14. The molecule has 6 nitrogen and oxygen atoms in total. The van der Waals surface area contributed by atoms with Crippen molar-refractivity contribution in [3.63, 3.8) is 0 Å². The smallest absolute Gasteiger partial charge is 0.224 e. The van der Waals surface area contributed by atoms with Crippen LogP contribution in [-0.2, 0) is 11.2 Å². The summed E-state index contributed by atoms with van der Waals surface area (Å²) in [6, 6.07) is 14.1. The number of nitrogens with zero attached hydrogens (tertiary/aromatic N) is 3. The Bertz CT molecular complexity index is 849. The van der Waals surface area contributed by atoms with Gasteiger partial charge in [0.05, 0.1) is 5.69 Å². The van der Waals surface area contributed by atoms with Crippen LogP contribution in [0.4, 0.5) is 5.69 Å². The number of anilines is 1. The van der Waals surface area contributed by atoms with Crippen molar-refractivity contribution in [1.29, 1.82) is 0 Å². The maximum absolute atomic E-state index is 12.1. The summed E-state index contributed by atoms with van der Waals surface area (Å²) in [4.78, 5) is 12.1. The highest BCUT2D eigenvalue weighted by Crippen LogP contribution is 2.26. The summed E-state index contributed by atoms with van der Waals surface area (Å²) in [5, 5.41) is 20.8. The fourth-order valence-corrected chi connectivity index (χ4v) is 2.45. The zero-order chi connectivity index (χ0) is 16.9. The van der Waals surface area contributed by atoms with Gasteiger partial charge in [0.2, 0.25) is 5.91 Å². The first kappa shape index (κ1) is 16.0. The molecule has 2 aromatic carbocycles. The number of phenols is 1. The van der Waals surface area contributed by atoms with Gasteiger partial charge in [-0.25, -0.2) is 0 Å². The van der Waals surface area contributed by atoms with Gasteiger partial charge in [-0.1, -0.05) is 29.8 Å². The summed E-state index contributed by atoms with van der Waals surface area (Å²) in [5.41, 5.74) is 1.22. The van der Waals surface area contributed by atoms with Gasteiger partial charge in [-0.05, 0) is 30.3 Å². The minimum atomic E-state index is -0.241. The summed E-state index contributed by atoms with van der Waals surface area (Å²) in [7, 11) is 0. The third-order valence-corrected chi connectivity index (χ3v) is 3.70. The van der Waals surface area contributed by atoms with Crippen LogP contribution in [0.5, 0.6) is 5.75 Å². The van der Waals surface area contributed by atoms with Crippen LogP contribution in [0.1, 0.15) is 12.2 Å². The van der Waals surface area contributed by atoms with Gasteiger partial charge in [0.1, 0.15) is 17.9 Å². The normalized spacial score (nSPS) is 10.5. The predicted octanol–water partition coefficient (Wildman–Crippen LogP) is 3.20. The fraction of sp³-hybridized carbons (Fsp3) is 0.118. The van der Waals surface area contributed by atoms with E-state index in [-0.39, 0.29) is 23.8 Å². The number of aryl methyl sites for hydroxylation is 1. The summed E-state index contributed by atoms with van der Waals surface area (Å²) in [6.45, 7) is 0. The highest BCUT2D eigenvalue weighted by Gasteiger charge is 2.11. The van der Waals surface area contributed by atoms with Crippen LogP contribution in [0.2, 0.25) is 5.02 Å². The van der Waals surface area contributed by atoms with Crippen LogP contribution in [0.15, 0.2) is 54.9 Å². The van der Waals surface area contributed by atoms with Crippen LogP contribution < -0.4 is 5.32 Å². The van der Waals surface area contributed by atoms with E-state index in [1.807, 2.05) is 34.9 Å². The maximum atomic E-state index is 12.1. The molecule has 3 aromatic rings. The number of carbonyl (C=O) groups is 1. The largest absolute Gasteiger partial charge is 0.506 e. The first-order chi connectivity index (χ1) is 11.6. The van der Waals surface area contributed by atoms with Gasteiger partial charge in [0.15, 0.2) is 0 Å². The molecule has 1 amide bonds. The molecule has 1 heterocycles. The monoisotopic (exact) mass is 342 g/mol. The number of hydrogen-bond acceptors (Lipinski definition) is 4. The number of benzene rings is 2. The van der Waals surface area contributed by atoms with E-state index in [4.69, 9.17) is 11.6 Å². The third kappa shape index (κ3) is 3.72. The molecule has 0 bridgehead atoms. The molecule has 7 heteroatoms. The number of nitrogens with one attached hydrogen (secondary N) is 1. The van der Waals surface area contributed by atoms with E-state index < -0.39 is 0 Å². The van der Waals surface area contributed by atoms with E-state index in [1.54, 1.807) is 12.4 Å². The molecule has 24 heavy (non-hydrogen) atoms. The van der Waals surface area contributed by atoms with Gasteiger partial charge < -0.3 is 10.4 Å². The first-order valence-corrected chi connectivity index (χ1v) is 7.74. The van der Waals surface area contributed by atoms with Gasteiger partial charge in [-0.2, -0.15) is 0 Å². The van der Waals surface area contributed by atoms with Crippen molar-refractivity contribution in [3.05, 3.63) is 65.7 Å². The molecular weight excluding hydrogens is 328 g/mol. The Kier molecular flexibility index (Phi) is 4.77. The lowest BCUT2D eigenvalue weighted by Gasteiger charge is -2.08. The number of para-hydroxylation sites is 1. The quantitative estimate of drug-likeness (QED) is 0.698. The van der Waals surface area contributed by atoms with Crippen molar-refractivity contribution in [2.75, 3.05) is 5.32 Å². The SMILES string of the molecule is O=C(CCc1nncn1-c1ccccc1)Nc1cc(Cl)ccc1O. The Labute approximate surface area is 143 Å². The average molecular weight is 343 g/mol. The zero-order valence-corrected chi connectivity index (χ0v) is 13.4. The lowest BCUT2D eigenvalue weighted by Crippen LogP contribution is -2.14. The lowest BCUT2D eigenvalue weighted by molar-refractivity contribution is -0.116. The second-order valence-corrected chi connectivity index (χ2v) is 5.60. The van der Waals surface area contributed by atoms with Crippen molar-refractivity contribution in [2.24, 2.45) is 0 Å². The standard InChI is InChI=1S/C17H15ClN4O2/c18-12-6-7-15(23)14(10-12)20-17(24)9-8-16-21-19-11-22(16)13-4-2-1-3-5-13/h1-7,10-11,23H,8-9H2,(H,20,24). The summed E-state index contributed by atoms with van der Waals surface area (Å²) in [5.74, 6) is 0.419. The van der Waals surface area contributed by atoms with Crippen LogP contribution in [0, 0.1) is 0 Å². The number of aromatic nitrogens is 3. The van der Waals surface area contributed by atoms with E-state index in [2.05, 4.69) is 15.5 Å². The number of halogens is 1. The van der Waals surface area contributed by atoms with E-state index >= 15 is 0 Å². The minimum absolute atomic E-state index is 0.0276. The third-order valence-electron chi connectivity index (χ3n) is 3.46. The molecule has 0 unspecified atom stereocenters. The van der Waals surface area contributed by atoms with Gasteiger partial charge in [-0.3, -0.25) is 9.36 Å². The van der Waals surface area contributed by atoms with Crippen molar-refractivity contribution in [2.45, 2.75) is 12.8 Å². The lowest BCUT2D eigenvalue weighted by atomic mass is 10.2. The Morgan fingerprint density at radius 2 is 2.00 bits per heavy atom. The Hall–Kier alpha value is -2.86. The number of hydrogen-bond donors (Lipinski definition) is 2. The summed E-state index contributed by atoms with van der Waals surface area (Å²) >= 11 is 5.86. The molecule has 0 fully saturated rings. The number of amides is 1. The van der Waals surface area contributed by atoms with Crippen molar-refractivity contribution in [1.82, 2.24) is 14.8 Å². The molecule has 3 rings (SSSR count). The van der Waals surface area contributed by atoms with Gasteiger partial charge in [-0.15, -0.1) is 10.2 Å². The minimum Gasteiger partial charge on any atom is -0.506 e. The number of carbonyl (C=O) groups excluding carboxylic acids is 1. The number of phenolic OH excluding ortho intramolecular Hbond substituents is 1. The molecule has 0 aliphatic carbocycles. The highest BCUT2D eigenvalue weighted by atomic mass is 35.5. The van der Waals surface area contributed by atoms with Crippen molar-refractivity contribution >= 4 is 23.2 Å². The molecule has 2 N–H and O–H groups in total. The van der Waals surface area contributed by atoms with E-state index in [0.29, 0.717) is 17.3 Å². The van der Waals surface area contributed by atoms with Crippen LogP contribution in [0.3, 0.4) is 0 Å². The van der Waals surface area contributed by atoms with Crippen LogP contribution in [0.25, 0.3) is 5.69 Å². The zero-order valence-electron chi connectivity index (χ0n) is 12.7. The van der Waals surface area contributed by atoms with E-state index in [9.17, 15) is 9.90 Å². The Balaban J connectivity index is 1.65. The summed E-state index contributed by atoms with van der Waals surface area (Å²) in [6.07, 6.45) is 2.24. The molecule has 0 aliphatic rings. The van der Waals surface area contributed by atoms with Gasteiger partial charge in [0, 0.05) is 23.6 Å². The van der Waals surface area contributed by atoms with E-state index in [0.717, 1.165) is 5.69 Å². The Morgan fingerprint density at radius 1 is 1.21 bits per heavy atom. The van der Waals surface area contributed by atoms with Crippen molar-refractivity contribution in [3.8, 4) is 11.4 Å². The molecule has 1 aromatic heterocycles. The van der Waals surface area contributed by atoms with Gasteiger partial charge in [0.25, 0.3) is 0 Å². The van der Waals surface area contributed by atoms with Crippen molar-refractivity contribution < 1.29 is 9.90 Å². The molecule has 122 valence electrons. The molecule has 0 radical (unpaired) electrons. The topological polar surface area (TPSA) is 80.0 Å². The van der Waals surface area contributed by atoms with Crippen LogP contribution in [-0.4, -0.2) is 25.8 Å². The van der Waals surface area contributed by atoms with E-state index in [1.165, 1.54) is 12.1 Å². The fourth-order valence-electron chi connectivity index (χ4n) is 2.28.